The molecule has 0 atom stereocenters. The lowest BCUT2D eigenvalue weighted by atomic mass is 10.2. The molecule has 34 heavy (non-hydrogen) atoms. The zero-order chi connectivity index (χ0) is 24.5. The Morgan fingerprint density at radius 1 is 1.09 bits per heavy atom. The predicted octanol–water partition coefficient (Wildman–Crippen LogP) is 4.34. The molecular weight excluding hydrogens is 443 g/mol. The SMILES string of the molecule is COC(=O)c1ccc(F)cc1Oc1cnc2[nH]c(N3CCN(C(=O)OC(C)(C)C)CC3)cc2c1. The Labute approximate surface area is 196 Å². The topological polar surface area (TPSA) is 97.0 Å². The van der Waals surface area contributed by atoms with Crippen LogP contribution in [0.4, 0.5) is 15.0 Å². The van der Waals surface area contributed by atoms with E-state index in [9.17, 15) is 14.0 Å². The van der Waals surface area contributed by atoms with Crippen molar-refractivity contribution in [3.63, 3.8) is 0 Å². The number of pyridine rings is 1. The number of hydrogen-bond donors (Lipinski definition) is 1. The maximum Gasteiger partial charge on any atom is 0.410 e. The Kier molecular flexibility index (Phi) is 6.32. The average Bonchev–Trinajstić information content (AvgIpc) is 3.21. The Morgan fingerprint density at radius 3 is 2.50 bits per heavy atom. The van der Waals surface area contributed by atoms with Gasteiger partial charge < -0.3 is 29.0 Å². The normalized spacial score (nSPS) is 14.3. The highest BCUT2D eigenvalue weighted by atomic mass is 19.1. The number of aromatic nitrogens is 2. The van der Waals surface area contributed by atoms with Crippen LogP contribution < -0.4 is 9.64 Å². The number of aromatic amines is 1. The van der Waals surface area contributed by atoms with Crippen LogP contribution in [0, 0.1) is 5.82 Å². The fourth-order valence-corrected chi connectivity index (χ4v) is 3.65. The lowest BCUT2D eigenvalue weighted by molar-refractivity contribution is 0.0240. The van der Waals surface area contributed by atoms with E-state index in [2.05, 4.69) is 14.9 Å². The van der Waals surface area contributed by atoms with Crippen molar-refractivity contribution < 1.29 is 28.2 Å². The number of amides is 1. The predicted molar refractivity (Wildman–Crippen MR) is 124 cm³/mol. The van der Waals surface area contributed by atoms with Crippen LogP contribution in [0.2, 0.25) is 0 Å². The molecule has 0 saturated carbocycles. The third-order valence-electron chi connectivity index (χ3n) is 5.28. The number of piperazine rings is 1. The number of nitrogens with zero attached hydrogens (tertiary/aromatic N) is 3. The minimum Gasteiger partial charge on any atom is -0.465 e. The quantitative estimate of drug-likeness (QED) is 0.567. The van der Waals surface area contributed by atoms with Crippen LogP contribution in [0.25, 0.3) is 11.0 Å². The number of hydrogen-bond acceptors (Lipinski definition) is 7. The van der Waals surface area contributed by atoms with Crippen LogP contribution >= 0.6 is 0 Å². The van der Waals surface area contributed by atoms with Gasteiger partial charge in [-0.05, 0) is 45.0 Å². The molecule has 2 aromatic heterocycles. The van der Waals surface area contributed by atoms with Crippen molar-refractivity contribution in [2.24, 2.45) is 0 Å². The number of H-pyrrole nitrogens is 1. The Bertz CT molecular complexity index is 1210. The number of esters is 1. The number of rotatable bonds is 4. The first kappa shape index (κ1) is 23.3. The summed E-state index contributed by atoms with van der Waals surface area (Å²) in [4.78, 5) is 35.8. The van der Waals surface area contributed by atoms with E-state index in [1.165, 1.54) is 25.4 Å². The van der Waals surface area contributed by atoms with Gasteiger partial charge in [0.15, 0.2) is 0 Å². The van der Waals surface area contributed by atoms with Crippen molar-refractivity contribution in [3.05, 3.63) is 47.9 Å². The molecule has 4 rings (SSSR count). The molecule has 1 saturated heterocycles. The van der Waals surface area contributed by atoms with Gasteiger partial charge in [0.25, 0.3) is 0 Å². The monoisotopic (exact) mass is 470 g/mol. The third-order valence-corrected chi connectivity index (χ3v) is 5.28. The zero-order valence-electron chi connectivity index (χ0n) is 19.6. The van der Waals surface area contributed by atoms with Crippen molar-refractivity contribution in [2.45, 2.75) is 26.4 Å². The highest BCUT2D eigenvalue weighted by Gasteiger charge is 2.26. The maximum absolute atomic E-state index is 13.7. The first-order valence-electron chi connectivity index (χ1n) is 10.9. The molecule has 10 heteroatoms. The average molecular weight is 471 g/mol. The summed E-state index contributed by atoms with van der Waals surface area (Å²) in [5.74, 6) is 0.0969. The molecule has 9 nitrogen and oxygen atoms in total. The van der Waals surface area contributed by atoms with Gasteiger partial charge in [-0.15, -0.1) is 0 Å². The first-order valence-corrected chi connectivity index (χ1v) is 10.9. The number of halogens is 1. The lowest BCUT2D eigenvalue weighted by Crippen LogP contribution is -2.50. The summed E-state index contributed by atoms with van der Waals surface area (Å²) in [6, 6.07) is 7.30. The number of nitrogens with one attached hydrogen (secondary N) is 1. The molecule has 1 aromatic carbocycles. The van der Waals surface area contributed by atoms with Gasteiger partial charge >= 0.3 is 12.1 Å². The fourth-order valence-electron chi connectivity index (χ4n) is 3.65. The van der Waals surface area contributed by atoms with Crippen molar-refractivity contribution >= 4 is 28.9 Å². The molecule has 3 heterocycles. The molecule has 1 aliphatic rings. The summed E-state index contributed by atoms with van der Waals surface area (Å²) in [5, 5.41) is 0.790. The highest BCUT2D eigenvalue weighted by Crippen LogP contribution is 2.30. The largest absolute Gasteiger partial charge is 0.465 e. The van der Waals surface area contributed by atoms with Gasteiger partial charge in [-0.1, -0.05) is 0 Å². The minimum absolute atomic E-state index is 0.0435. The zero-order valence-corrected chi connectivity index (χ0v) is 19.6. The van der Waals surface area contributed by atoms with Crippen LogP contribution in [0.3, 0.4) is 0 Å². The van der Waals surface area contributed by atoms with Gasteiger partial charge in [-0.2, -0.15) is 0 Å². The van der Waals surface area contributed by atoms with E-state index < -0.39 is 17.4 Å². The molecular formula is C24H27FN4O5. The smallest absolute Gasteiger partial charge is 0.410 e. The number of benzene rings is 1. The summed E-state index contributed by atoms with van der Waals surface area (Å²) < 4.78 is 29.7. The second-order valence-corrected chi connectivity index (χ2v) is 8.95. The van der Waals surface area contributed by atoms with E-state index in [-0.39, 0.29) is 17.4 Å². The van der Waals surface area contributed by atoms with Gasteiger partial charge in [0.1, 0.15) is 39.9 Å². The summed E-state index contributed by atoms with van der Waals surface area (Å²) >= 11 is 0. The van der Waals surface area contributed by atoms with Gasteiger partial charge in [0.2, 0.25) is 0 Å². The molecule has 1 N–H and O–H groups in total. The minimum atomic E-state index is -0.626. The van der Waals surface area contributed by atoms with Crippen LogP contribution in [0.5, 0.6) is 11.5 Å². The summed E-state index contributed by atoms with van der Waals surface area (Å²) in [7, 11) is 1.25. The first-order chi connectivity index (χ1) is 16.1. The molecule has 1 amide bonds. The van der Waals surface area contributed by atoms with E-state index in [0.717, 1.165) is 17.3 Å². The van der Waals surface area contributed by atoms with Crippen LogP contribution in [-0.2, 0) is 9.47 Å². The number of methoxy groups -OCH3 is 1. The van der Waals surface area contributed by atoms with Crippen molar-refractivity contribution in [1.29, 1.82) is 0 Å². The van der Waals surface area contributed by atoms with Crippen LogP contribution in [-0.4, -0.2) is 65.8 Å². The molecule has 0 unspecified atom stereocenters. The van der Waals surface area contributed by atoms with E-state index in [4.69, 9.17) is 14.2 Å². The van der Waals surface area contributed by atoms with Crippen LogP contribution in [0.15, 0.2) is 36.5 Å². The molecule has 0 radical (unpaired) electrons. The highest BCUT2D eigenvalue weighted by molar-refractivity contribution is 5.92. The standard InChI is InChI=1S/C24H27FN4O5/c1-24(2,3)34-23(31)29-9-7-28(8-10-29)20-12-15-11-17(14-26-21(15)27-20)33-19-13-16(25)5-6-18(19)22(30)32-4/h5-6,11-14H,7-10H2,1-4H3,(H,26,27). The van der Waals surface area contributed by atoms with Gasteiger partial charge in [-0.25, -0.2) is 19.0 Å². The van der Waals surface area contributed by atoms with Crippen molar-refractivity contribution in [3.8, 4) is 11.5 Å². The fraction of sp³-hybridized carbons (Fsp3) is 0.375. The molecule has 1 aliphatic heterocycles. The van der Waals surface area contributed by atoms with Gasteiger partial charge in [-0.3, -0.25) is 0 Å². The second kappa shape index (κ2) is 9.20. The van der Waals surface area contributed by atoms with E-state index in [0.29, 0.717) is 37.6 Å². The second-order valence-electron chi connectivity index (χ2n) is 8.95. The summed E-state index contributed by atoms with van der Waals surface area (Å²) in [6.07, 6.45) is 1.19. The molecule has 0 spiro atoms. The number of anilines is 1. The Hall–Kier alpha value is -3.82. The Balaban J connectivity index is 1.47. The Morgan fingerprint density at radius 2 is 1.82 bits per heavy atom. The van der Waals surface area contributed by atoms with Gasteiger partial charge in [0, 0.05) is 37.6 Å². The summed E-state index contributed by atoms with van der Waals surface area (Å²) in [5.41, 5.74) is 0.242. The molecule has 3 aromatic rings. The molecule has 0 aliphatic carbocycles. The molecule has 0 bridgehead atoms. The molecule has 180 valence electrons. The van der Waals surface area contributed by atoms with E-state index in [1.807, 2.05) is 26.8 Å². The van der Waals surface area contributed by atoms with E-state index >= 15 is 0 Å². The lowest BCUT2D eigenvalue weighted by Gasteiger charge is -2.36. The van der Waals surface area contributed by atoms with Crippen molar-refractivity contribution in [1.82, 2.24) is 14.9 Å². The summed E-state index contributed by atoms with van der Waals surface area (Å²) in [6.45, 7) is 7.91. The maximum atomic E-state index is 13.7. The number of carbonyl (C=O) groups excluding carboxylic acids is 2. The number of carbonyl (C=O) groups is 2. The third kappa shape index (κ3) is 5.22. The van der Waals surface area contributed by atoms with Gasteiger partial charge in [0.05, 0.1) is 13.3 Å². The van der Waals surface area contributed by atoms with Crippen molar-refractivity contribution in [2.75, 3.05) is 38.2 Å². The van der Waals surface area contributed by atoms with E-state index in [1.54, 1.807) is 11.0 Å². The van der Waals surface area contributed by atoms with Crippen LogP contribution in [0.1, 0.15) is 31.1 Å². The number of fused-ring (bicyclic) bond motifs is 1. The molecule has 1 fully saturated rings. The number of ether oxygens (including phenoxy) is 3.